The van der Waals surface area contributed by atoms with Crippen molar-refractivity contribution in [3.05, 3.63) is 52.7 Å². The molecule has 0 saturated carbocycles. The molecule has 0 aliphatic carbocycles. The summed E-state index contributed by atoms with van der Waals surface area (Å²) in [6.45, 7) is 5.07. The highest BCUT2D eigenvalue weighted by molar-refractivity contribution is 6.15. The van der Waals surface area contributed by atoms with Crippen LogP contribution in [0.2, 0.25) is 0 Å². The van der Waals surface area contributed by atoms with Crippen LogP contribution >= 0.6 is 0 Å². The number of fused-ring (bicyclic) bond motifs is 1. The lowest BCUT2D eigenvalue weighted by Gasteiger charge is -2.07. The van der Waals surface area contributed by atoms with Gasteiger partial charge in [0.25, 0.3) is 0 Å². The predicted octanol–water partition coefficient (Wildman–Crippen LogP) is 3.48. The van der Waals surface area contributed by atoms with Gasteiger partial charge in [-0.1, -0.05) is 0 Å². The smallest absolute Gasteiger partial charge is 0.232 e. The Morgan fingerprint density at radius 1 is 1.26 bits per heavy atom. The highest BCUT2D eigenvalue weighted by Gasteiger charge is 2.30. The molecule has 0 unspecified atom stereocenters. The summed E-state index contributed by atoms with van der Waals surface area (Å²) in [6, 6.07) is 6.94. The number of carbonyl (C=O) groups excluding carboxylic acids is 2. The molecule has 2 aromatic rings. The predicted molar refractivity (Wildman–Crippen MR) is 83.7 cm³/mol. The van der Waals surface area contributed by atoms with Gasteiger partial charge in [-0.2, -0.15) is 0 Å². The van der Waals surface area contributed by atoms with Gasteiger partial charge >= 0.3 is 0 Å². The quantitative estimate of drug-likeness (QED) is 0.809. The average Bonchev–Trinajstić information content (AvgIpc) is 3.01. The lowest BCUT2D eigenvalue weighted by molar-refractivity contribution is -0.118. The largest absolute Gasteiger partial charge is 0.486 e. The number of rotatable bonds is 4. The van der Waals surface area contributed by atoms with E-state index in [2.05, 4.69) is 0 Å². The highest BCUT2D eigenvalue weighted by Crippen LogP contribution is 2.37. The molecule has 0 radical (unpaired) electrons. The maximum Gasteiger partial charge on any atom is 0.232 e. The van der Waals surface area contributed by atoms with Gasteiger partial charge in [-0.05, 0) is 44.5 Å². The van der Waals surface area contributed by atoms with Gasteiger partial charge in [0.2, 0.25) is 5.78 Å². The first-order valence-electron chi connectivity index (χ1n) is 7.21. The molecule has 0 spiro atoms. The summed E-state index contributed by atoms with van der Waals surface area (Å²) in [6.07, 6.45) is 1.57. The standard InChI is InChI=1S/C18H16O5/c1-10-6-14(21-9-11(2)19)8-15-17(10)18(20)16(23-15)7-13-5-4-12(3)22-13/h4-8H,9H2,1-3H3/b16-7-. The molecule has 0 saturated heterocycles. The van der Waals surface area contributed by atoms with E-state index in [1.165, 1.54) is 6.92 Å². The van der Waals surface area contributed by atoms with Crippen molar-refractivity contribution in [2.24, 2.45) is 0 Å². The van der Waals surface area contributed by atoms with Crippen molar-refractivity contribution < 1.29 is 23.5 Å². The van der Waals surface area contributed by atoms with E-state index in [0.717, 1.165) is 11.3 Å². The van der Waals surface area contributed by atoms with Crippen LogP contribution in [-0.4, -0.2) is 18.2 Å². The first-order valence-corrected chi connectivity index (χ1v) is 7.21. The number of benzene rings is 1. The summed E-state index contributed by atoms with van der Waals surface area (Å²) in [7, 11) is 0. The summed E-state index contributed by atoms with van der Waals surface area (Å²) >= 11 is 0. The SMILES string of the molecule is CC(=O)COc1cc(C)c2c(c1)O/C(=C\c1ccc(C)o1)C2=O. The number of furan rings is 1. The third-order valence-electron chi connectivity index (χ3n) is 3.42. The van der Waals surface area contributed by atoms with Crippen molar-refractivity contribution in [2.45, 2.75) is 20.8 Å². The van der Waals surface area contributed by atoms with Gasteiger partial charge in [0, 0.05) is 12.1 Å². The molecular weight excluding hydrogens is 296 g/mol. The summed E-state index contributed by atoms with van der Waals surface area (Å²) in [5, 5.41) is 0. The van der Waals surface area contributed by atoms with Crippen LogP contribution in [0.15, 0.2) is 34.4 Å². The van der Waals surface area contributed by atoms with E-state index in [-0.39, 0.29) is 23.9 Å². The second kappa shape index (κ2) is 5.76. The third kappa shape index (κ3) is 3.04. The van der Waals surface area contributed by atoms with Gasteiger partial charge in [0.15, 0.2) is 11.5 Å². The molecule has 0 bridgehead atoms. The molecule has 1 aromatic heterocycles. The first-order chi connectivity index (χ1) is 10.9. The molecule has 0 amide bonds. The fourth-order valence-corrected chi connectivity index (χ4v) is 2.41. The summed E-state index contributed by atoms with van der Waals surface area (Å²) < 4.78 is 16.5. The Morgan fingerprint density at radius 2 is 2.04 bits per heavy atom. The Kier molecular flexibility index (Phi) is 3.78. The number of hydrogen-bond acceptors (Lipinski definition) is 5. The Hall–Kier alpha value is -2.82. The molecule has 3 rings (SSSR count). The minimum absolute atomic E-state index is 0.0134. The lowest BCUT2D eigenvalue weighted by Crippen LogP contribution is -2.06. The molecule has 5 nitrogen and oxygen atoms in total. The zero-order valence-electron chi connectivity index (χ0n) is 13.1. The molecule has 5 heteroatoms. The first kappa shape index (κ1) is 15.1. The van der Waals surface area contributed by atoms with E-state index in [0.29, 0.717) is 22.8 Å². The van der Waals surface area contributed by atoms with Crippen molar-refractivity contribution in [3.8, 4) is 11.5 Å². The molecule has 0 fully saturated rings. The normalized spacial score (nSPS) is 14.7. The molecule has 23 heavy (non-hydrogen) atoms. The molecule has 118 valence electrons. The van der Waals surface area contributed by atoms with Gasteiger partial charge in [0.05, 0.1) is 5.56 Å². The summed E-state index contributed by atoms with van der Waals surface area (Å²) in [5.74, 6) is 2.20. The number of allylic oxidation sites excluding steroid dienone is 1. The summed E-state index contributed by atoms with van der Waals surface area (Å²) in [5.41, 5.74) is 1.25. The molecule has 1 aliphatic rings. The van der Waals surface area contributed by atoms with E-state index >= 15 is 0 Å². The van der Waals surface area contributed by atoms with E-state index in [1.54, 1.807) is 31.2 Å². The van der Waals surface area contributed by atoms with Crippen LogP contribution in [0.3, 0.4) is 0 Å². The Labute approximate surface area is 133 Å². The van der Waals surface area contributed by atoms with E-state index < -0.39 is 0 Å². The fourth-order valence-electron chi connectivity index (χ4n) is 2.41. The fraction of sp³-hybridized carbons (Fsp3) is 0.222. The van der Waals surface area contributed by atoms with Gasteiger partial charge < -0.3 is 13.9 Å². The third-order valence-corrected chi connectivity index (χ3v) is 3.42. The van der Waals surface area contributed by atoms with E-state index in [9.17, 15) is 9.59 Å². The number of ether oxygens (including phenoxy) is 2. The van der Waals surface area contributed by atoms with Crippen LogP contribution in [-0.2, 0) is 4.79 Å². The number of hydrogen-bond donors (Lipinski definition) is 0. The van der Waals surface area contributed by atoms with Gasteiger partial charge in [-0.15, -0.1) is 0 Å². The van der Waals surface area contributed by atoms with Crippen molar-refractivity contribution >= 4 is 17.6 Å². The van der Waals surface area contributed by atoms with E-state index in [1.807, 2.05) is 13.0 Å². The molecule has 0 atom stereocenters. The van der Waals surface area contributed by atoms with Crippen LogP contribution in [0.1, 0.15) is 34.4 Å². The van der Waals surface area contributed by atoms with Crippen LogP contribution in [0.25, 0.3) is 6.08 Å². The summed E-state index contributed by atoms with van der Waals surface area (Å²) in [4.78, 5) is 23.5. The Balaban J connectivity index is 1.91. The van der Waals surface area contributed by atoms with Crippen LogP contribution in [0, 0.1) is 13.8 Å². The number of Topliss-reactive ketones (excluding diaryl/α,β-unsaturated/α-hetero) is 2. The maximum absolute atomic E-state index is 12.5. The van der Waals surface area contributed by atoms with Gasteiger partial charge in [-0.3, -0.25) is 9.59 Å². The van der Waals surface area contributed by atoms with Crippen LogP contribution in [0.5, 0.6) is 11.5 Å². The lowest BCUT2D eigenvalue weighted by atomic mass is 10.0. The molecular formula is C18H16O5. The maximum atomic E-state index is 12.5. The van der Waals surface area contributed by atoms with Crippen molar-refractivity contribution in [1.29, 1.82) is 0 Å². The minimum atomic E-state index is -0.190. The second-order valence-corrected chi connectivity index (χ2v) is 5.49. The highest BCUT2D eigenvalue weighted by atomic mass is 16.5. The Bertz CT molecular complexity index is 826. The van der Waals surface area contributed by atoms with Crippen molar-refractivity contribution in [1.82, 2.24) is 0 Å². The van der Waals surface area contributed by atoms with Crippen LogP contribution in [0.4, 0.5) is 0 Å². The minimum Gasteiger partial charge on any atom is -0.486 e. The number of carbonyl (C=O) groups is 2. The molecule has 0 N–H and O–H groups in total. The monoisotopic (exact) mass is 312 g/mol. The molecule has 1 aromatic carbocycles. The molecule has 1 aliphatic heterocycles. The van der Waals surface area contributed by atoms with Crippen molar-refractivity contribution in [2.75, 3.05) is 6.61 Å². The van der Waals surface area contributed by atoms with E-state index in [4.69, 9.17) is 13.9 Å². The topological polar surface area (TPSA) is 65.7 Å². The number of aryl methyl sites for hydroxylation is 2. The average molecular weight is 312 g/mol. The van der Waals surface area contributed by atoms with Gasteiger partial charge in [-0.25, -0.2) is 0 Å². The van der Waals surface area contributed by atoms with Crippen LogP contribution < -0.4 is 9.47 Å². The van der Waals surface area contributed by atoms with Gasteiger partial charge in [0.1, 0.15) is 29.6 Å². The Morgan fingerprint density at radius 3 is 2.70 bits per heavy atom. The second-order valence-electron chi connectivity index (χ2n) is 5.49. The molecule has 2 heterocycles. The zero-order valence-corrected chi connectivity index (χ0v) is 13.1. The van der Waals surface area contributed by atoms with Crippen molar-refractivity contribution in [3.63, 3.8) is 0 Å². The number of ketones is 2. The zero-order chi connectivity index (χ0) is 16.6.